The monoisotopic (exact) mass is 444 g/mol. The number of methoxy groups -OCH3 is 2. The minimum atomic E-state index is -0.779. The first-order valence-electron chi connectivity index (χ1n) is 9.69. The average molecular weight is 445 g/mol. The summed E-state index contributed by atoms with van der Waals surface area (Å²) in [4.78, 5) is 29.3. The molecular weight excluding hydrogens is 420 g/mol. The van der Waals surface area contributed by atoms with Gasteiger partial charge < -0.3 is 24.4 Å². The summed E-state index contributed by atoms with van der Waals surface area (Å²) in [5, 5.41) is 11.5. The van der Waals surface area contributed by atoms with Crippen molar-refractivity contribution in [2.45, 2.75) is 6.04 Å². The standard InChI is InChI=1S/C23H25ClN2O5/c1-25(2)10-11-26-20(14-8-9-17(30-3)18(13-14)31-4)19(22(28)23(26)29)21(27)15-6-5-7-16(24)12-15/h5-9,12-13,20,27H,10-11H2,1-4H3/b21-19-. The van der Waals surface area contributed by atoms with E-state index < -0.39 is 17.7 Å². The van der Waals surface area contributed by atoms with Gasteiger partial charge in [-0.25, -0.2) is 0 Å². The molecule has 2 aromatic rings. The van der Waals surface area contributed by atoms with Crippen LogP contribution >= 0.6 is 11.6 Å². The smallest absolute Gasteiger partial charge is 0.295 e. The van der Waals surface area contributed by atoms with Crippen LogP contribution in [0.4, 0.5) is 0 Å². The summed E-state index contributed by atoms with van der Waals surface area (Å²) in [5.74, 6) is -0.693. The summed E-state index contributed by atoms with van der Waals surface area (Å²) in [7, 11) is 6.80. The molecule has 1 N–H and O–H groups in total. The van der Waals surface area contributed by atoms with Crippen LogP contribution in [0.15, 0.2) is 48.0 Å². The molecule has 31 heavy (non-hydrogen) atoms. The molecule has 0 bridgehead atoms. The number of carbonyl (C=O) groups excluding carboxylic acids is 2. The lowest BCUT2D eigenvalue weighted by Gasteiger charge is -2.27. The number of hydrogen-bond acceptors (Lipinski definition) is 6. The largest absolute Gasteiger partial charge is 0.507 e. The van der Waals surface area contributed by atoms with Gasteiger partial charge >= 0.3 is 0 Å². The summed E-state index contributed by atoms with van der Waals surface area (Å²) < 4.78 is 10.7. The summed E-state index contributed by atoms with van der Waals surface area (Å²) >= 11 is 6.07. The van der Waals surface area contributed by atoms with E-state index in [2.05, 4.69) is 0 Å². The van der Waals surface area contributed by atoms with Gasteiger partial charge in [0.25, 0.3) is 11.7 Å². The summed E-state index contributed by atoms with van der Waals surface area (Å²) in [5.41, 5.74) is 1.00. The highest BCUT2D eigenvalue weighted by Crippen LogP contribution is 2.42. The number of likely N-dealkylation sites (N-methyl/N-ethyl adjacent to an activating group) is 1. The average Bonchev–Trinajstić information content (AvgIpc) is 3.01. The Balaban J connectivity index is 2.19. The molecule has 1 unspecified atom stereocenters. The number of Topliss-reactive ketones (excluding diaryl/α,β-unsaturated/α-hetero) is 1. The van der Waals surface area contributed by atoms with Gasteiger partial charge in [-0.1, -0.05) is 29.8 Å². The Morgan fingerprint density at radius 3 is 2.42 bits per heavy atom. The second-order valence-corrected chi connectivity index (χ2v) is 7.86. The fourth-order valence-corrected chi connectivity index (χ4v) is 3.77. The summed E-state index contributed by atoms with van der Waals surface area (Å²) in [6, 6.07) is 10.9. The first kappa shape index (κ1) is 22.7. The van der Waals surface area contributed by atoms with Crippen LogP contribution in [0.5, 0.6) is 11.5 Å². The van der Waals surface area contributed by atoms with Gasteiger partial charge in [-0.15, -0.1) is 0 Å². The number of nitrogens with zero attached hydrogens (tertiary/aromatic N) is 2. The number of likely N-dealkylation sites (tertiary alicyclic amines) is 1. The quantitative estimate of drug-likeness (QED) is 0.401. The van der Waals surface area contributed by atoms with Crippen molar-refractivity contribution in [1.82, 2.24) is 9.80 Å². The van der Waals surface area contributed by atoms with Crippen LogP contribution in [0.3, 0.4) is 0 Å². The van der Waals surface area contributed by atoms with E-state index in [4.69, 9.17) is 21.1 Å². The van der Waals surface area contributed by atoms with Crippen LogP contribution in [-0.4, -0.2) is 68.0 Å². The highest BCUT2D eigenvalue weighted by atomic mass is 35.5. The molecule has 0 spiro atoms. The SMILES string of the molecule is COc1ccc(C2/C(=C(/O)c3cccc(Cl)c3)C(=O)C(=O)N2CCN(C)C)cc1OC. The van der Waals surface area contributed by atoms with Crippen molar-refractivity contribution in [3.05, 3.63) is 64.2 Å². The van der Waals surface area contributed by atoms with Crippen molar-refractivity contribution in [3.63, 3.8) is 0 Å². The molecule has 0 saturated carbocycles. The third-order valence-corrected chi connectivity index (χ3v) is 5.38. The lowest BCUT2D eigenvalue weighted by atomic mass is 9.95. The molecule has 1 fully saturated rings. The molecule has 1 atom stereocenters. The van der Waals surface area contributed by atoms with Gasteiger partial charge in [0.1, 0.15) is 5.76 Å². The number of benzene rings is 2. The Labute approximate surface area is 186 Å². The van der Waals surface area contributed by atoms with E-state index in [0.29, 0.717) is 40.7 Å². The molecule has 164 valence electrons. The van der Waals surface area contributed by atoms with E-state index in [1.807, 2.05) is 19.0 Å². The molecule has 3 rings (SSSR count). The number of ether oxygens (including phenoxy) is 2. The lowest BCUT2D eigenvalue weighted by molar-refractivity contribution is -0.140. The second-order valence-electron chi connectivity index (χ2n) is 7.42. The maximum absolute atomic E-state index is 13.0. The van der Waals surface area contributed by atoms with E-state index in [9.17, 15) is 14.7 Å². The molecule has 1 saturated heterocycles. The highest BCUT2D eigenvalue weighted by molar-refractivity contribution is 6.46. The molecule has 1 aliphatic heterocycles. The Morgan fingerprint density at radius 2 is 1.81 bits per heavy atom. The molecule has 7 nitrogen and oxygen atoms in total. The van der Waals surface area contributed by atoms with Crippen molar-refractivity contribution in [2.75, 3.05) is 41.4 Å². The van der Waals surface area contributed by atoms with Crippen LogP contribution in [0.2, 0.25) is 5.02 Å². The van der Waals surface area contributed by atoms with Gasteiger partial charge in [-0.3, -0.25) is 9.59 Å². The minimum Gasteiger partial charge on any atom is -0.507 e. The lowest BCUT2D eigenvalue weighted by Crippen LogP contribution is -2.35. The number of amides is 1. The zero-order valence-electron chi connectivity index (χ0n) is 17.9. The van der Waals surface area contributed by atoms with E-state index in [1.54, 1.807) is 42.5 Å². The molecule has 2 aromatic carbocycles. The predicted octanol–water partition coefficient (Wildman–Crippen LogP) is 3.34. The summed E-state index contributed by atoms with van der Waals surface area (Å²) in [6.45, 7) is 0.858. The van der Waals surface area contributed by atoms with E-state index in [-0.39, 0.29) is 11.3 Å². The number of hydrogen-bond donors (Lipinski definition) is 1. The molecule has 1 aliphatic rings. The van der Waals surface area contributed by atoms with E-state index in [1.165, 1.54) is 19.1 Å². The summed E-state index contributed by atoms with van der Waals surface area (Å²) in [6.07, 6.45) is 0. The maximum atomic E-state index is 13.0. The van der Waals surface area contributed by atoms with Crippen LogP contribution in [0.1, 0.15) is 17.2 Å². The normalized spacial score (nSPS) is 18.0. The number of halogens is 1. The number of aliphatic hydroxyl groups is 1. The molecule has 0 aliphatic carbocycles. The van der Waals surface area contributed by atoms with Gasteiger partial charge in [-0.05, 0) is 43.9 Å². The fourth-order valence-electron chi connectivity index (χ4n) is 3.58. The van der Waals surface area contributed by atoms with Gasteiger partial charge in [-0.2, -0.15) is 0 Å². The molecule has 1 amide bonds. The van der Waals surface area contributed by atoms with Crippen LogP contribution < -0.4 is 9.47 Å². The number of rotatable bonds is 7. The van der Waals surface area contributed by atoms with Crippen molar-refractivity contribution in [2.24, 2.45) is 0 Å². The van der Waals surface area contributed by atoms with Crippen molar-refractivity contribution in [3.8, 4) is 11.5 Å². The minimum absolute atomic E-state index is 0.0123. The first-order valence-corrected chi connectivity index (χ1v) is 10.1. The Hall–Kier alpha value is -3.03. The van der Waals surface area contributed by atoms with Crippen LogP contribution in [-0.2, 0) is 9.59 Å². The number of ketones is 1. The third kappa shape index (κ3) is 4.52. The topological polar surface area (TPSA) is 79.3 Å². The third-order valence-electron chi connectivity index (χ3n) is 5.15. The highest BCUT2D eigenvalue weighted by Gasteiger charge is 2.46. The Morgan fingerprint density at radius 1 is 1.10 bits per heavy atom. The maximum Gasteiger partial charge on any atom is 0.295 e. The van der Waals surface area contributed by atoms with E-state index in [0.717, 1.165) is 0 Å². The molecular formula is C23H25ClN2O5. The van der Waals surface area contributed by atoms with Crippen molar-refractivity contribution in [1.29, 1.82) is 0 Å². The van der Waals surface area contributed by atoms with Crippen LogP contribution in [0, 0.1) is 0 Å². The number of carbonyl (C=O) groups is 2. The predicted molar refractivity (Wildman–Crippen MR) is 119 cm³/mol. The Bertz CT molecular complexity index is 1030. The van der Waals surface area contributed by atoms with Gasteiger partial charge in [0.15, 0.2) is 11.5 Å². The van der Waals surface area contributed by atoms with Gasteiger partial charge in [0.05, 0.1) is 25.8 Å². The van der Waals surface area contributed by atoms with Gasteiger partial charge in [0, 0.05) is 23.7 Å². The zero-order valence-corrected chi connectivity index (χ0v) is 18.6. The van der Waals surface area contributed by atoms with E-state index >= 15 is 0 Å². The zero-order chi connectivity index (χ0) is 22.7. The molecule has 0 aromatic heterocycles. The second kappa shape index (κ2) is 9.41. The molecule has 0 radical (unpaired) electrons. The van der Waals surface area contributed by atoms with Crippen molar-refractivity contribution < 1.29 is 24.2 Å². The fraction of sp³-hybridized carbons (Fsp3) is 0.304. The van der Waals surface area contributed by atoms with Crippen molar-refractivity contribution >= 4 is 29.1 Å². The molecule has 1 heterocycles. The van der Waals surface area contributed by atoms with Gasteiger partial charge in [0.2, 0.25) is 0 Å². The number of aliphatic hydroxyl groups excluding tert-OH is 1. The van der Waals surface area contributed by atoms with Crippen LogP contribution in [0.25, 0.3) is 5.76 Å². The molecule has 8 heteroatoms. The Kier molecular flexibility index (Phi) is 6.87. The first-order chi connectivity index (χ1) is 14.8.